The monoisotopic (exact) mass is 147 g/mol. The average molecular weight is 147 g/mol. The van der Waals surface area contributed by atoms with Crippen molar-refractivity contribution >= 4 is 6.09 Å². The first kappa shape index (κ1) is 9.23. The van der Waals surface area contributed by atoms with Gasteiger partial charge in [-0.25, -0.2) is 4.79 Å². The minimum atomic E-state index is -1.05. The molecule has 3 N–H and O–H groups in total. The van der Waals surface area contributed by atoms with Crippen molar-refractivity contribution < 1.29 is 15.0 Å². The van der Waals surface area contributed by atoms with Gasteiger partial charge >= 0.3 is 6.09 Å². The van der Waals surface area contributed by atoms with E-state index in [1.807, 2.05) is 0 Å². The molecular formula is C6H13NO3. The molecule has 4 nitrogen and oxygen atoms in total. The third-order valence-corrected chi connectivity index (χ3v) is 1.06. The molecule has 2 atom stereocenters. The Kier molecular flexibility index (Phi) is 3.79. The first-order valence-corrected chi connectivity index (χ1v) is 3.20. The van der Waals surface area contributed by atoms with Gasteiger partial charge in [0.25, 0.3) is 0 Å². The predicted octanol–water partition coefficient (Wildman–Crippen LogP) is 0.413. The van der Waals surface area contributed by atoms with Crippen LogP contribution in [-0.4, -0.2) is 28.5 Å². The van der Waals surface area contributed by atoms with Gasteiger partial charge in [0.15, 0.2) is 0 Å². The summed E-state index contributed by atoms with van der Waals surface area (Å²) in [5.74, 6) is 0. The van der Waals surface area contributed by atoms with Gasteiger partial charge in [-0.1, -0.05) is 0 Å². The zero-order chi connectivity index (χ0) is 8.15. The molecule has 0 radical (unpaired) electrons. The molecule has 0 aliphatic carbocycles. The van der Waals surface area contributed by atoms with Gasteiger partial charge in [-0.05, 0) is 20.3 Å². The van der Waals surface area contributed by atoms with Crippen LogP contribution in [0.2, 0.25) is 0 Å². The van der Waals surface area contributed by atoms with Crippen LogP contribution in [-0.2, 0) is 0 Å². The van der Waals surface area contributed by atoms with E-state index in [4.69, 9.17) is 10.2 Å². The Labute approximate surface area is 59.9 Å². The molecule has 0 aliphatic heterocycles. The third kappa shape index (κ3) is 5.37. The van der Waals surface area contributed by atoms with Crippen LogP contribution in [0.25, 0.3) is 0 Å². The number of amides is 1. The molecule has 0 unspecified atom stereocenters. The highest BCUT2D eigenvalue weighted by Crippen LogP contribution is 1.95. The first-order valence-electron chi connectivity index (χ1n) is 3.20. The Morgan fingerprint density at radius 1 is 1.60 bits per heavy atom. The minimum Gasteiger partial charge on any atom is -0.465 e. The van der Waals surface area contributed by atoms with Crippen LogP contribution in [0.4, 0.5) is 4.79 Å². The molecule has 0 aromatic carbocycles. The summed E-state index contributed by atoms with van der Waals surface area (Å²) in [4.78, 5) is 10.00. The summed E-state index contributed by atoms with van der Waals surface area (Å²) < 4.78 is 0. The highest BCUT2D eigenvalue weighted by atomic mass is 16.4. The van der Waals surface area contributed by atoms with Crippen LogP contribution >= 0.6 is 0 Å². The maximum absolute atomic E-state index is 10.00. The van der Waals surface area contributed by atoms with E-state index in [0.29, 0.717) is 6.42 Å². The predicted molar refractivity (Wildman–Crippen MR) is 36.9 cm³/mol. The van der Waals surface area contributed by atoms with E-state index >= 15 is 0 Å². The third-order valence-electron chi connectivity index (χ3n) is 1.06. The summed E-state index contributed by atoms with van der Waals surface area (Å²) in [5, 5.41) is 19.2. The molecule has 0 spiro atoms. The lowest BCUT2D eigenvalue weighted by atomic mass is 10.2. The Morgan fingerprint density at radius 2 is 2.10 bits per heavy atom. The molecule has 0 fully saturated rings. The van der Waals surface area contributed by atoms with Gasteiger partial charge in [0.2, 0.25) is 0 Å². The molecule has 0 saturated carbocycles. The largest absolute Gasteiger partial charge is 0.465 e. The summed E-state index contributed by atoms with van der Waals surface area (Å²) in [5.41, 5.74) is 0. The second kappa shape index (κ2) is 4.11. The summed E-state index contributed by atoms with van der Waals surface area (Å²) in [6, 6.07) is -0.183. The van der Waals surface area contributed by atoms with Crippen molar-refractivity contribution in [2.75, 3.05) is 0 Å². The van der Waals surface area contributed by atoms with Gasteiger partial charge in [-0.15, -0.1) is 0 Å². The molecule has 0 heterocycles. The van der Waals surface area contributed by atoms with Crippen molar-refractivity contribution in [3.63, 3.8) is 0 Å². The highest BCUT2D eigenvalue weighted by molar-refractivity contribution is 5.64. The molecular weight excluding hydrogens is 134 g/mol. The smallest absolute Gasteiger partial charge is 0.404 e. The molecule has 0 saturated heterocycles. The van der Waals surface area contributed by atoms with Crippen molar-refractivity contribution in [2.45, 2.75) is 32.4 Å². The number of hydrogen-bond acceptors (Lipinski definition) is 2. The Bertz CT molecular complexity index is 114. The van der Waals surface area contributed by atoms with E-state index < -0.39 is 12.2 Å². The zero-order valence-electron chi connectivity index (χ0n) is 6.16. The van der Waals surface area contributed by atoms with Crippen molar-refractivity contribution in [3.05, 3.63) is 0 Å². The average Bonchev–Trinajstić information content (AvgIpc) is 1.58. The molecule has 0 bridgehead atoms. The van der Waals surface area contributed by atoms with E-state index in [2.05, 4.69) is 5.32 Å². The second-order valence-electron chi connectivity index (χ2n) is 2.44. The maximum atomic E-state index is 10.00. The fourth-order valence-corrected chi connectivity index (χ4v) is 0.781. The maximum Gasteiger partial charge on any atom is 0.404 e. The molecule has 0 aromatic heterocycles. The van der Waals surface area contributed by atoms with Gasteiger partial charge in [-0.2, -0.15) is 0 Å². The lowest BCUT2D eigenvalue weighted by molar-refractivity contribution is 0.161. The summed E-state index contributed by atoms with van der Waals surface area (Å²) in [6.07, 6.45) is -1.05. The van der Waals surface area contributed by atoms with E-state index in [1.54, 1.807) is 13.8 Å². The zero-order valence-corrected chi connectivity index (χ0v) is 6.16. The fourth-order valence-electron chi connectivity index (χ4n) is 0.781. The standard InChI is InChI=1S/C6H13NO3/c1-4(3-5(2)8)7-6(9)10/h4-5,7-8H,3H2,1-2H3,(H,9,10)/t4-,5+/m1/s1. The molecule has 0 aromatic rings. The number of carbonyl (C=O) groups is 1. The van der Waals surface area contributed by atoms with Gasteiger partial charge in [0.05, 0.1) is 6.10 Å². The van der Waals surface area contributed by atoms with Gasteiger partial charge in [-0.3, -0.25) is 0 Å². The number of hydrogen-bond donors (Lipinski definition) is 3. The molecule has 1 amide bonds. The van der Waals surface area contributed by atoms with Crippen LogP contribution in [0.1, 0.15) is 20.3 Å². The normalized spacial score (nSPS) is 15.9. The second-order valence-corrected chi connectivity index (χ2v) is 2.44. The Hall–Kier alpha value is -0.770. The van der Waals surface area contributed by atoms with Crippen molar-refractivity contribution in [3.8, 4) is 0 Å². The summed E-state index contributed by atoms with van der Waals surface area (Å²) >= 11 is 0. The van der Waals surface area contributed by atoms with E-state index in [-0.39, 0.29) is 6.04 Å². The fraction of sp³-hybridized carbons (Fsp3) is 0.833. The Morgan fingerprint density at radius 3 is 2.40 bits per heavy atom. The highest BCUT2D eigenvalue weighted by Gasteiger charge is 2.07. The quantitative estimate of drug-likeness (QED) is 0.541. The lowest BCUT2D eigenvalue weighted by Gasteiger charge is -2.12. The first-order chi connectivity index (χ1) is 4.52. The van der Waals surface area contributed by atoms with Crippen molar-refractivity contribution in [2.24, 2.45) is 0 Å². The van der Waals surface area contributed by atoms with Crippen LogP contribution in [0.3, 0.4) is 0 Å². The van der Waals surface area contributed by atoms with Gasteiger partial charge < -0.3 is 15.5 Å². The molecule has 60 valence electrons. The van der Waals surface area contributed by atoms with E-state index in [9.17, 15) is 4.79 Å². The lowest BCUT2D eigenvalue weighted by Crippen LogP contribution is -2.33. The SMILES string of the molecule is C[C@H](O)C[C@@H](C)NC(=O)O. The molecule has 0 aliphatic rings. The summed E-state index contributed by atoms with van der Waals surface area (Å²) in [7, 11) is 0. The van der Waals surface area contributed by atoms with Crippen molar-refractivity contribution in [1.82, 2.24) is 5.32 Å². The van der Waals surface area contributed by atoms with Crippen LogP contribution in [0.5, 0.6) is 0 Å². The topological polar surface area (TPSA) is 69.6 Å². The van der Waals surface area contributed by atoms with Gasteiger partial charge in [0.1, 0.15) is 0 Å². The number of aliphatic hydroxyl groups excluding tert-OH is 1. The van der Waals surface area contributed by atoms with Gasteiger partial charge in [0, 0.05) is 6.04 Å². The number of carboxylic acid groups (broad SMARTS) is 1. The summed E-state index contributed by atoms with van der Waals surface area (Å²) in [6.45, 7) is 3.33. The molecule has 10 heavy (non-hydrogen) atoms. The van der Waals surface area contributed by atoms with E-state index in [1.165, 1.54) is 0 Å². The number of rotatable bonds is 3. The van der Waals surface area contributed by atoms with Crippen LogP contribution in [0.15, 0.2) is 0 Å². The molecule has 4 heteroatoms. The van der Waals surface area contributed by atoms with Crippen molar-refractivity contribution in [1.29, 1.82) is 0 Å². The van der Waals surface area contributed by atoms with E-state index in [0.717, 1.165) is 0 Å². The molecule has 0 rings (SSSR count). The van der Waals surface area contributed by atoms with Crippen LogP contribution < -0.4 is 5.32 Å². The minimum absolute atomic E-state index is 0.183. The Balaban J connectivity index is 3.43. The van der Waals surface area contributed by atoms with Crippen LogP contribution in [0, 0.1) is 0 Å². The number of aliphatic hydroxyl groups is 1. The number of nitrogens with one attached hydrogen (secondary N) is 1.